The van der Waals surface area contributed by atoms with Crippen molar-refractivity contribution in [2.24, 2.45) is 0 Å². The van der Waals surface area contributed by atoms with E-state index in [-0.39, 0.29) is 5.82 Å². The van der Waals surface area contributed by atoms with Crippen LogP contribution in [0.2, 0.25) is 0 Å². The third-order valence-electron chi connectivity index (χ3n) is 2.98. The van der Waals surface area contributed by atoms with Crippen LogP contribution in [0.4, 0.5) is 4.39 Å². The van der Waals surface area contributed by atoms with Crippen molar-refractivity contribution in [3.8, 4) is 5.75 Å². The molecule has 0 bridgehead atoms. The number of aliphatic hydroxyl groups is 1. The summed E-state index contributed by atoms with van der Waals surface area (Å²) in [4.78, 5) is 0. The summed E-state index contributed by atoms with van der Waals surface area (Å²) in [5, 5.41) is 10.2. The fraction of sp³-hybridized carbons (Fsp3) is 0.250. The number of halogens is 2. The van der Waals surface area contributed by atoms with Gasteiger partial charge in [-0.1, -0.05) is 18.2 Å². The smallest absolute Gasteiger partial charge is 0.133 e. The third-order valence-corrected chi connectivity index (χ3v) is 3.60. The molecule has 0 amide bonds. The van der Waals surface area contributed by atoms with Crippen LogP contribution in [-0.4, -0.2) is 11.7 Å². The summed E-state index contributed by atoms with van der Waals surface area (Å²) in [6.07, 6.45) is -0.187. The molecule has 106 valence electrons. The van der Waals surface area contributed by atoms with Crippen molar-refractivity contribution in [3.63, 3.8) is 0 Å². The Kier molecular flexibility index (Phi) is 5.15. The van der Waals surface area contributed by atoms with Gasteiger partial charge in [0, 0.05) is 6.42 Å². The molecular formula is C16H16BrFO2. The molecule has 0 aliphatic carbocycles. The van der Waals surface area contributed by atoms with Crippen LogP contribution in [0.5, 0.6) is 5.75 Å². The van der Waals surface area contributed by atoms with Crippen molar-refractivity contribution in [3.05, 3.63) is 63.9 Å². The standard InChI is InChI=1S/C16H16BrFO2/c1-2-20-16-8-5-12(10-14(16)17)15(19)9-11-3-6-13(18)7-4-11/h3-8,10,15,19H,2,9H2,1H3. The predicted molar refractivity (Wildman–Crippen MR) is 80.4 cm³/mol. The number of hydrogen-bond acceptors (Lipinski definition) is 2. The molecule has 2 nitrogen and oxygen atoms in total. The maximum absolute atomic E-state index is 12.8. The first-order valence-corrected chi connectivity index (χ1v) is 7.24. The molecule has 0 radical (unpaired) electrons. The van der Waals surface area contributed by atoms with Gasteiger partial charge in [0.1, 0.15) is 11.6 Å². The lowest BCUT2D eigenvalue weighted by Gasteiger charge is -2.13. The van der Waals surface area contributed by atoms with Crippen LogP contribution in [0, 0.1) is 5.82 Å². The molecule has 20 heavy (non-hydrogen) atoms. The van der Waals surface area contributed by atoms with Gasteiger partial charge < -0.3 is 9.84 Å². The Morgan fingerprint density at radius 2 is 1.90 bits per heavy atom. The van der Waals surface area contributed by atoms with E-state index < -0.39 is 6.10 Å². The van der Waals surface area contributed by atoms with Crippen LogP contribution < -0.4 is 4.74 Å². The van der Waals surface area contributed by atoms with E-state index in [1.807, 2.05) is 25.1 Å². The zero-order chi connectivity index (χ0) is 14.5. The first kappa shape index (κ1) is 15.0. The second-order valence-corrected chi connectivity index (χ2v) is 5.32. The van der Waals surface area contributed by atoms with Gasteiger partial charge in [-0.3, -0.25) is 0 Å². The summed E-state index contributed by atoms with van der Waals surface area (Å²) >= 11 is 3.43. The van der Waals surface area contributed by atoms with Gasteiger partial charge in [-0.25, -0.2) is 4.39 Å². The first-order valence-electron chi connectivity index (χ1n) is 6.45. The minimum atomic E-state index is -0.632. The van der Waals surface area contributed by atoms with E-state index >= 15 is 0 Å². The van der Waals surface area contributed by atoms with E-state index in [9.17, 15) is 9.50 Å². The van der Waals surface area contributed by atoms with Gasteiger partial charge >= 0.3 is 0 Å². The summed E-state index contributed by atoms with van der Waals surface area (Å²) in [5.41, 5.74) is 1.69. The first-order chi connectivity index (χ1) is 9.60. The lowest BCUT2D eigenvalue weighted by Crippen LogP contribution is -2.02. The molecule has 0 saturated carbocycles. The lowest BCUT2D eigenvalue weighted by molar-refractivity contribution is 0.178. The highest BCUT2D eigenvalue weighted by Crippen LogP contribution is 2.29. The van der Waals surface area contributed by atoms with Crippen LogP contribution in [0.25, 0.3) is 0 Å². The second-order valence-electron chi connectivity index (χ2n) is 4.47. The summed E-state index contributed by atoms with van der Waals surface area (Å²) in [6.45, 7) is 2.51. The normalized spacial score (nSPS) is 12.2. The number of benzene rings is 2. The predicted octanol–water partition coefficient (Wildman–Crippen LogP) is 4.26. The van der Waals surface area contributed by atoms with Gasteiger partial charge in [0.2, 0.25) is 0 Å². The highest BCUT2D eigenvalue weighted by molar-refractivity contribution is 9.10. The van der Waals surface area contributed by atoms with E-state index in [0.717, 1.165) is 21.3 Å². The topological polar surface area (TPSA) is 29.5 Å². The molecule has 2 aromatic carbocycles. The number of aliphatic hydroxyl groups excluding tert-OH is 1. The van der Waals surface area contributed by atoms with E-state index in [1.54, 1.807) is 12.1 Å². The molecule has 4 heteroatoms. The Hall–Kier alpha value is -1.39. The van der Waals surface area contributed by atoms with Gasteiger partial charge in [0.05, 0.1) is 17.2 Å². The maximum atomic E-state index is 12.8. The maximum Gasteiger partial charge on any atom is 0.133 e. The van der Waals surface area contributed by atoms with Crippen molar-refractivity contribution in [2.45, 2.75) is 19.4 Å². The highest BCUT2D eigenvalue weighted by Gasteiger charge is 2.11. The van der Waals surface area contributed by atoms with Crippen molar-refractivity contribution in [2.75, 3.05) is 6.61 Å². The summed E-state index contributed by atoms with van der Waals surface area (Å²) in [5.74, 6) is 0.484. The van der Waals surface area contributed by atoms with Crippen LogP contribution >= 0.6 is 15.9 Å². The fourth-order valence-corrected chi connectivity index (χ4v) is 2.47. The van der Waals surface area contributed by atoms with Gasteiger partial charge in [-0.15, -0.1) is 0 Å². The lowest BCUT2D eigenvalue weighted by atomic mass is 10.0. The number of hydrogen-bond donors (Lipinski definition) is 1. The molecule has 0 spiro atoms. The van der Waals surface area contributed by atoms with Gasteiger partial charge in [0.15, 0.2) is 0 Å². The minimum absolute atomic E-state index is 0.271. The molecule has 0 heterocycles. The summed E-state index contributed by atoms with van der Waals surface area (Å²) < 4.78 is 19.1. The Labute approximate surface area is 126 Å². The molecule has 0 fully saturated rings. The fourth-order valence-electron chi connectivity index (χ4n) is 1.96. The van der Waals surface area contributed by atoms with Crippen molar-refractivity contribution in [1.29, 1.82) is 0 Å². The minimum Gasteiger partial charge on any atom is -0.493 e. The number of ether oxygens (including phenoxy) is 1. The Morgan fingerprint density at radius 3 is 2.50 bits per heavy atom. The van der Waals surface area contributed by atoms with Crippen LogP contribution in [0.3, 0.4) is 0 Å². The molecule has 1 atom stereocenters. The van der Waals surface area contributed by atoms with Crippen molar-refractivity contribution >= 4 is 15.9 Å². The summed E-state index contributed by atoms with van der Waals surface area (Å²) in [7, 11) is 0. The molecule has 1 unspecified atom stereocenters. The molecular weight excluding hydrogens is 323 g/mol. The van der Waals surface area contributed by atoms with Crippen molar-refractivity contribution in [1.82, 2.24) is 0 Å². The highest BCUT2D eigenvalue weighted by atomic mass is 79.9. The largest absolute Gasteiger partial charge is 0.493 e. The molecule has 0 saturated heterocycles. The van der Waals surface area contributed by atoms with Crippen LogP contribution in [0.1, 0.15) is 24.2 Å². The average Bonchev–Trinajstić information content (AvgIpc) is 2.44. The molecule has 2 aromatic rings. The van der Waals surface area contributed by atoms with E-state index in [2.05, 4.69) is 15.9 Å². The quantitative estimate of drug-likeness (QED) is 0.882. The van der Waals surface area contributed by atoms with Crippen molar-refractivity contribution < 1.29 is 14.2 Å². The zero-order valence-electron chi connectivity index (χ0n) is 11.1. The summed E-state index contributed by atoms with van der Waals surface area (Å²) in [6, 6.07) is 11.7. The molecule has 0 aromatic heterocycles. The number of rotatable bonds is 5. The molecule has 1 N–H and O–H groups in total. The van der Waals surface area contributed by atoms with Gasteiger partial charge in [0.25, 0.3) is 0 Å². The van der Waals surface area contributed by atoms with E-state index in [1.165, 1.54) is 12.1 Å². The Morgan fingerprint density at radius 1 is 1.20 bits per heavy atom. The Balaban J connectivity index is 2.10. The monoisotopic (exact) mass is 338 g/mol. The van der Waals surface area contributed by atoms with Crippen LogP contribution in [-0.2, 0) is 6.42 Å². The van der Waals surface area contributed by atoms with Gasteiger partial charge in [-0.05, 0) is 58.2 Å². The van der Waals surface area contributed by atoms with E-state index in [4.69, 9.17) is 4.74 Å². The molecule has 0 aliphatic rings. The molecule has 0 aliphatic heterocycles. The second kappa shape index (κ2) is 6.86. The Bertz CT molecular complexity index is 569. The molecule has 2 rings (SSSR count). The third kappa shape index (κ3) is 3.81. The van der Waals surface area contributed by atoms with Crippen LogP contribution in [0.15, 0.2) is 46.9 Å². The van der Waals surface area contributed by atoms with E-state index in [0.29, 0.717) is 13.0 Å². The average molecular weight is 339 g/mol. The van der Waals surface area contributed by atoms with Gasteiger partial charge in [-0.2, -0.15) is 0 Å². The SMILES string of the molecule is CCOc1ccc(C(O)Cc2ccc(F)cc2)cc1Br. The zero-order valence-corrected chi connectivity index (χ0v) is 12.7.